The molecule has 0 saturated heterocycles. The fraction of sp³-hybridized carbons (Fsp3) is 0.611. The molecule has 0 spiro atoms. The van der Waals surface area contributed by atoms with Crippen molar-refractivity contribution >= 4 is 12.4 Å². The molecule has 0 unspecified atom stereocenters. The van der Waals surface area contributed by atoms with Gasteiger partial charge in [0.2, 0.25) is 0 Å². The Bertz CT molecular complexity index is 1180. The minimum absolute atomic E-state index is 0.0646. The van der Waals surface area contributed by atoms with Gasteiger partial charge in [0.1, 0.15) is 11.5 Å². The highest BCUT2D eigenvalue weighted by Gasteiger charge is 2.36. The highest BCUT2D eigenvalue weighted by atomic mass is 16.3. The fourth-order valence-corrected chi connectivity index (χ4v) is 4.30. The molecule has 2 N–H and O–H groups in total. The first-order valence-corrected chi connectivity index (χ1v) is 14.5. The number of nitrogens with zero attached hydrogens (tertiary/aromatic N) is 2. The molecule has 222 valence electrons. The molecule has 4 nitrogen and oxygen atoms in total. The van der Waals surface area contributed by atoms with Crippen molar-refractivity contribution in [2.75, 3.05) is 0 Å². The van der Waals surface area contributed by atoms with E-state index in [2.05, 4.69) is 123 Å². The van der Waals surface area contributed by atoms with E-state index in [9.17, 15) is 10.2 Å². The van der Waals surface area contributed by atoms with Crippen LogP contribution in [0.25, 0.3) is 0 Å². The molecule has 2 aromatic rings. The van der Waals surface area contributed by atoms with Crippen LogP contribution < -0.4 is 0 Å². The first-order chi connectivity index (χ1) is 17.7. The summed E-state index contributed by atoms with van der Waals surface area (Å²) >= 11 is 0. The molecule has 0 radical (unpaired) electrons. The van der Waals surface area contributed by atoms with E-state index >= 15 is 0 Å². The lowest BCUT2D eigenvalue weighted by atomic mass is 9.78. The van der Waals surface area contributed by atoms with Crippen LogP contribution in [-0.2, 0) is 21.7 Å². The number of aromatic hydroxyl groups is 2. The number of phenols is 2. The fourth-order valence-electron chi connectivity index (χ4n) is 4.30. The first-order valence-electron chi connectivity index (χ1n) is 14.5. The van der Waals surface area contributed by atoms with E-state index in [0.717, 1.165) is 33.4 Å². The molecular weight excluding hydrogens is 492 g/mol. The zero-order valence-corrected chi connectivity index (χ0v) is 28.3. The van der Waals surface area contributed by atoms with Crippen LogP contribution in [-0.4, -0.2) is 33.7 Å². The lowest BCUT2D eigenvalue weighted by Gasteiger charge is -2.35. The topological polar surface area (TPSA) is 65.2 Å². The monoisotopic (exact) mass is 548 g/mol. The average Bonchev–Trinajstić information content (AvgIpc) is 2.74. The molecule has 0 amide bonds. The van der Waals surface area contributed by atoms with Crippen molar-refractivity contribution in [3.05, 3.63) is 57.6 Å². The SMILES string of the molecule is CC(C)(C)c1cc(C=NC(C)(C)C(C)(C)N=Cc2cc(C(C)(C)C)cc(C(C)(C)C)c2O)c(O)c(C(C)(C)C)c1. The van der Waals surface area contributed by atoms with Crippen molar-refractivity contribution in [3.8, 4) is 11.5 Å². The molecular formula is C36H56N2O2. The van der Waals surface area contributed by atoms with Gasteiger partial charge in [-0.1, -0.05) is 95.2 Å². The summed E-state index contributed by atoms with van der Waals surface area (Å²) in [6, 6.07) is 8.33. The lowest BCUT2D eigenvalue weighted by Crippen LogP contribution is -2.42. The summed E-state index contributed by atoms with van der Waals surface area (Å²) in [5, 5.41) is 22.5. The summed E-state index contributed by atoms with van der Waals surface area (Å²) in [5.74, 6) is 0.556. The van der Waals surface area contributed by atoms with Crippen molar-refractivity contribution in [1.29, 1.82) is 0 Å². The van der Waals surface area contributed by atoms with Crippen LogP contribution in [0, 0.1) is 0 Å². The van der Waals surface area contributed by atoms with Crippen LogP contribution >= 0.6 is 0 Å². The van der Waals surface area contributed by atoms with Gasteiger partial charge < -0.3 is 10.2 Å². The minimum atomic E-state index is -0.598. The summed E-state index contributed by atoms with van der Waals surface area (Å²) in [6.07, 6.45) is 3.60. The maximum Gasteiger partial charge on any atom is 0.128 e. The van der Waals surface area contributed by atoms with Crippen LogP contribution in [0.15, 0.2) is 34.3 Å². The van der Waals surface area contributed by atoms with E-state index in [4.69, 9.17) is 9.98 Å². The Morgan fingerprint density at radius 3 is 0.950 bits per heavy atom. The number of hydrogen-bond acceptors (Lipinski definition) is 4. The predicted octanol–water partition coefficient (Wildman–Crippen LogP) is 9.38. The van der Waals surface area contributed by atoms with E-state index in [0.29, 0.717) is 0 Å². The van der Waals surface area contributed by atoms with E-state index < -0.39 is 11.1 Å². The van der Waals surface area contributed by atoms with Crippen molar-refractivity contribution in [2.24, 2.45) is 9.98 Å². The number of hydrogen-bond donors (Lipinski definition) is 2. The molecule has 0 heterocycles. The highest BCUT2D eigenvalue weighted by molar-refractivity contribution is 5.86. The Labute approximate surface area is 245 Å². The van der Waals surface area contributed by atoms with Gasteiger partial charge in [0.25, 0.3) is 0 Å². The van der Waals surface area contributed by atoms with Crippen LogP contribution in [0.4, 0.5) is 0 Å². The minimum Gasteiger partial charge on any atom is -0.507 e. The Morgan fingerprint density at radius 1 is 0.450 bits per heavy atom. The standard InChI is InChI=1S/C36H56N2O2/c1-31(2,3)25-17-23(29(39)27(19-25)33(7,8)9)21-37-35(13,14)36(15,16)38-22-24-18-26(32(4,5)6)20-28(30(24)40)34(10,11)12/h17-22,39-40H,1-16H3. The molecule has 0 saturated carbocycles. The number of phenolic OH excluding ortho intramolecular Hbond substituents is 2. The van der Waals surface area contributed by atoms with E-state index in [1.807, 2.05) is 12.1 Å². The molecule has 0 fully saturated rings. The first kappa shape index (κ1) is 33.6. The van der Waals surface area contributed by atoms with Gasteiger partial charge in [-0.3, -0.25) is 9.98 Å². The second-order valence-corrected chi connectivity index (χ2v) is 16.6. The maximum atomic E-state index is 11.2. The summed E-state index contributed by atoms with van der Waals surface area (Å²) in [7, 11) is 0. The summed E-state index contributed by atoms with van der Waals surface area (Å²) < 4.78 is 0. The molecule has 0 aromatic heterocycles. The molecule has 0 aliphatic rings. The van der Waals surface area contributed by atoms with Crippen molar-refractivity contribution in [3.63, 3.8) is 0 Å². The second kappa shape index (κ2) is 10.7. The summed E-state index contributed by atoms with van der Waals surface area (Å²) in [4.78, 5) is 9.98. The van der Waals surface area contributed by atoms with Crippen LogP contribution in [0.3, 0.4) is 0 Å². The Morgan fingerprint density at radius 2 is 0.725 bits per heavy atom. The molecule has 4 heteroatoms. The average molecular weight is 549 g/mol. The number of aliphatic imine (C=N–C) groups is 2. The highest BCUT2D eigenvalue weighted by Crippen LogP contribution is 2.39. The van der Waals surface area contributed by atoms with E-state index in [1.165, 1.54) is 0 Å². The maximum absolute atomic E-state index is 11.2. The largest absolute Gasteiger partial charge is 0.507 e. The second-order valence-electron chi connectivity index (χ2n) is 16.6. The van der Waals surface area contributed by atoms with Crippen molar-refractivity contribution in [2.45, 2.75) is 144 Å². The molecule has 2 aromatic carbocycles. The molecule has 0 aliphatic heterocycles. The number of benzene rings is 2. The van der Waals surface area contributed by atoms with Gasteiger partial charge in [0, 0.05) is 34.7 Å². The molecule has 0 atom stereocenters. The Balaban J connectivity index is 2.59. The quantitative estimate of drug-likeness (QED) is 0.366. The molecule has 40 heavy (non-hydrogen) atoms. The Kier molecular flexibility index (Phi) is 8.95. The van der Waals surface area contributed by atoms with Gasteiger partial charge in [-0.15, -0.1) is 0 Å². The van der Waals surface area contributed by atoms with Crippen molar-refractivity contribution < 1.29 is 10.2 Å². The Hall–Kier alpha value is -2.62. The van der Waals surface area contributed by atoms with Crippen molar-refractivity contribution in [1.82, 2.24) is 0 Å². The third-order valence-electron chi connectivity index (χ3n) is 8.18. The predicted molar refractivity (Wildman–Crippen MR) is 174 cm³/mol. The zero-order valence-electron chi connectivity index (χ0n) is 28.3. The van der Waals surface area contributed by atoms with Gasteiger partial charge in [-0.25, -0.2) is 0 Å². The van der Waals surface area contributed by atoms with Crippen LogP contribution in [0.1, 0.15) is 144 Å². The molecule has 0 bridgehead atoms. The number of rotatable bonds is 5. The smallest absolute Gasteiger partial charge is 0.128 e. The summed E-state index contributed by atoms with van der Waals surface area (Å²) in [6.45, 7) is 34.0. The van der Waals surface area contributed by atoms with E-state index in [-0.39, 0.29) is 33.2 Å². The van der Waals surface area contributed by atoms with E-state index in [1.54, 1.807) is 12.4 Å². The van der Waals surface area contributed by atoms with Gasteiger partial charge in [0.05, 0.1) is 11.1 Å². The van der Waals surface area contributed by atoms with Gasteiger partial charge in [-0.2, -0.15) is 0 Å². The van der Waals surface area contributed by atoms with Gasteiger partial charge >= 0.3 is 0 Å². The summed E-state index contributed by atoms with van der Waals surface area (Å²) in [5.41, 5.74) is 3.86. The lowest BCUT2D eigenvalue weighted by molar-refractivity contribution is 0.317. The van der Waals surface area contributed by atoms with Gasteiger partial charge in [0.15, 0.2) is 0 Å². The normalized spacial score (nSPS) is 14.5. The third-order valence-corrected chi connectivity index (χ3v) is 8.18. The van der Waals surface area contributed by atoms with Crippen LogP contribution in [0.2, 0.25) is 0 Å². The van der Waals surface area contributed by atoms with Crippen LogP contribution in [0.5, 0.6) is 11.5 Å². The third kappa shape index (κ3) is 7.56. The molecule has 2 rings (SSSR count). The molecule has 0 aliphatic carbocycles. The van der Waals surface area contributed by atoms with Gasteiger partial charge in [-0.05, 0) is 72.6 Å². The zero-order chi connectivity index (χ0) is 31.3.